The summed E-state index contributed by atoms with van der Waals surface area (Å²) in [5.41, 5.74) is 3.42. The normalized spacial score (nSPS) is 10.8. The molecule has 0 spiro atoms. The lowest BCUT2D eigenvalue weighted by Gasteiger charge is -2.05. The number of aryl methyl sites for hydroxylation is 1. The van der Waals surface area contributed by atoms with Crippen LogP contribution in [0.4, 0.5) is 0 Å². The molecule has 0 unspecified atom stereocenters. The van der Waals surface area contributed by atoms with Crippen molar-refractivity contribution in [2.24, 2.45) is 0 Å². The van der Waals surface area contributed by atoms with Gasteiger partial charge >= 0.3 is 5.97 Å². The topological polar surface area (TPSA) is 76.7 Å². The van der Waals surface area contributed by atoms with E-state index in [1.54, 1.807) is 7.11 Å². The van der Waals surface area contributed by atoms with Crippen LogP contribution < -0.4 is 4.74 Å². The molecule has 3 aromatic rings. The predicted octanol–water partition coefficient (Wildman–Crippen LogP) is 2.41. The van der Waals surface area contributed by atoms with Crippen molar-refractivity contribution in [3.63, 3.8) is 0 Å². The highest BCUT2D eigenvalue weighted by molar-refractivity contribution is 5.87. The third-order valence-corrected chi connectivity index (χ3v) is 3.27. The first kappa shape index (κ1) is 13.1. The zero-order valence-corrected chi connectivity index (χ0v) is 11.6. The highest BCUT2D eigenvalue weighted by Crippen LogP contribution is 2.26. The van der Waals surface area contributed by atoms with E-state index in [9.17, 15) is 4.79 Å². The minimum atomic E-state index is -1.03. The third kappa shape index (κ3) is 2.31. The Morgan fingerprint density at radius 2 is 2.14 bits per heavy atom. The Morgan fingerprint density at radius 3 is 2.81 bits per heavy atom. The van der Waals surface area contributed by atoms with Crippen molar-refractivity contribution in [2.45, 2.75) is 6.92 Å². The fourth-order valence-corrected chi connectivity index (χ4v) is 2.17. The lowest BCUT2D eigenvalue weighted by molar-refractivity contribution is 0.0695. The molecule has 0 atom stereocenters. The van der Waals surface area contributed by atoms with Gasteiger partial charge in [-0.1, -0.05) is 0 Å². The van der Waals surface area contributed by atoms with Crippen molar-refractivity contribution >= 4 is 11.6 Å². The molecule has 0 aliphatic heterocycles. The van der Waals surface area contributed by atoms with Gasteiger partial charge in [-0.15, -0.1) is 0 Å². The lowest BCUT2D eigenvalue weighted by Crippen LogP contribution is -2.01. The van der Waals surface area contributed by atoms with Gasteiger partial charge in [0.2, 0.25) is 0 Å². The second-order valence-corrected chi connectivity index (χ2v) is 4.66. The fourth-order valence-electron chi connectivity index (χ4n) is 2.17. The molecule has 1 N–H and O–H groups in total. The number of aromatic nitrogens is 3. The van der Waals surface area contributed by atoms with Crippen molar-refractivity contribution in [2.75, 3.05) is 7.11 Å². The van der Waals surface area contributed by atoms with Crippen LogP contribution in [0.25, 0.3) is 16.9 Å². The Balaban J connectivity index is 2.10. The molecule has 2 aromatic heterocycles. The maximum Gasteiger partial charge on any atom is 0.338 e. The number of nitrogens with zero attached hydrogens (tertiary/aromatic N) is 3. The second-order valence-electron chi connectivity index (χ2n) is 4.66. The molecule has 0 saturated heterocycles. The van der Waals surface area contributed by atoms with Crippen LogP contribution in [0.2, 0.25) is 0 Å². The number of carboxylic acid groups (broad SMARTS) is 1. The molecule has 21 heavy (non-hydrogen) atoms. The molecule has 0 saturated carbocycles. The van der Waals surface area contributed by atoms with Crippen LogP contribution in [0.3, 0.4) is 0 Å². The first-order chi connectivity index (χ1) is 10.1. The molecule has 0 amide bonds. The molecule has 0 fully saturated rings. The molecule has 0 aliphatic rings. The molecular formula is C15H13N3O3. The van der Waals surface area contributed by atoms with Crippen molar-refractivity contribution in [1.29, 1.82) is 0 Å². The van der Waals surface area contributed by atoms with Crippen molar-refractivity contribution in [1.82, 2.24) is 14.6 Å². The highest BCUT2D eigenvalue weighted by atomic mass is 16.5. The summed E-state index contributed by atoms with van der Waals surface area (Å²) in [6.45, 7) is 1.97. The van der Waals surface area contributed by atoms with E-state index in [0.717, 1.165) is 22.6 Å². The SMILES string of the molecule is COc1ccc(-c2cc3ncc(C(=O)O)cn3n2)c(C)c1. The molecule has 0 bridgehead atoms. The van der Waals surface area contributed by atoms with E-state index in [1.165, 1.54) is 16.9 Å². The van der Waals surface area contributed by atoms with E-state index in [4.69, 9.17) is 9.84 Å². The van der Waals surface area contributed by atoms with Crippen LogP contribution >= 0.6 is 0 Å². The van der Waals surface area contributed by atoms with Gasteiger partial charge in [0, 0.05) is 24.0 Å². The number of carboxylic acids is 1. The Hall–Kier alpha value is -2.89. The van der Waals surface area contributed by atoms with Crippen molar-refractivity contribution in [3.05, 3.63) is 47.8 Å². The summed E-state index contributed by atoms with van der Waals surface area (Å²) in [5.74, 6) is -0.242. The van der Waals surface area contributed by atoms with Gasteiger partial charge in [-0.3, -0.25) is 0 Å². The number of hydrogen-bond acceptors (Lipinski definition) is 4. The number of methoxy groups -OCH3 is 1. The molecule has 0 aliphatic carbocycles. The van der Waals surface area contributed by atoms with Gasteiger partial charge in [0.15, 0.2) is 5.65 Å². The van der Waals surface area contributed by atoms with Gasteiger partial charge < -0.3 is 9.84 Å². The fraction of sp³-hybridized carbons (Fsp3) is 0.133. The van der Waals surface area contributed by atoms with Crippen LogP contribution in [0.1, 0.15) is 15.9 Å². The van der Waals surface area contributed by atoms with Gasteiger partial charge in [-0.2, -0.15) is 5.10 Å². The first-order valence-corrected chi connectivity index (χ1v) is 6.32. The lowest BCUT2D eigenvalue weighted by atomic mass is 10.1. The average Bonchev–Trinajstić information content (AvgIpc) is 2.89. The van der Waals surface area contributed by atoms with Crippen LogP contribution in [-0.4, -0.2) is 32.8 Å². The van der Waals surface area contributed by atoms with Crippen molar-refractivity contribution in [3.8, 4) is 17.0 Å². The maximum atomic E-state index is 11.0. The number of aromatic carboxylic acids is 1. The molecule has 6 nitrogen and oxygen atoms in total. The summed E-state index contributed by atoms with van der Waals surface area (Å²) < 4.78 is 6.66. The zero-order valence-electron chi connectivity index (χ0n) is 11.6. The molecular weight excluding hydrogens is 270 g/mol. The Kier molecular flexibility index (Phi) is 3.06. The summed E-state index contributed by atoms with van der Waals surface area (Å²) in [5, 5.41) is 13.4. The van der Waals surface area contributed by atoms with Crippen molar-refractivity contribution < 1.29 is 14.6 Å². The smallest absolute Gasteiger partial charge is 0.338 e. The van der Waals surface area contributed by atoms with Crippen LogP contribution in [-0.2, 0) is 0 Å². The Morgan fingerprint density at radius 1 is 1.33 bits per heavy atom. The minimum Gasteiger partial charge on any atom is -0.497 e. The summed E-state index contributed by atoms with van der Waals surface area (Å²) >= 11 is 0. The molecule has 3 rings (SSSR count). The Bertz CT molecular complexity index is 839. The van der Waals surface area contributed by atoms with Gasteiger partial charge in [0.25, 0.3) is 0 Å². The number of benzene rings is 1. The molecule has 106 valence electrons. The third-order valence-electron chi connectivity index (χ3n) is 3.27. The van der Waals surface area contributed by atoms with E-state index in [1.807, 2.05) is 31.2 Å². The van der Waals surface area contributed by atoms with E-state index in [0.29, 0.717) is 5.65 Å². The van der Waals surface area contributed by atoms with Crippen LogP contribution in [0.15, 0.2) is 36.7 Å². The van der Waals surface area contributed by atoms with Crippen LogP contribution in [0, 0.1) is 6.92 Å². The molecule has 1 aromatic carbocycles. The summed E-state index contributed by atoms with van der Waals surface area (Å²) in [7, 11) is 1.62. The maximum absolute atomic E-state index is 11.0. The monoisotopic (exact) mass is 283 g/mol. The number of fused-ring (bicyclic) bond motifs is 1. The quantitative estimate of drug-likeness (QED) is 0.798. The van der Waals surface area contributed by atoms with Gasteiger partial charge in [-0.25, -0.2) is 14.3 Å². The molecule has 6 heteroatoms. The van der Waals surface area contributed by atoms with E-state index in [2.05, 4.69) is 10.1 Å². The number of ether oxygens (including phenoxy) is 1. The largest absolute Gasteiger partial charge is 0.497 e. The number of carbonyl (C=O) groups is 1. The van der Waals surface area contributed by atoms with Gasteiger partial charge in [0.05, 0.1) is 18.4 Å². The predicted molar refractivity (Wildman–Crippen MR) is 76.7 cm³/mol. The average molecular weight is 283 g/mol. The van der Waals surface area contributed by atoms with Gasteiger partial charge in [0.1, 0.15) is 5.75 Å². The Labute approximate surface area is 120 Å². The molecule has 0 radical (unpaired) electrons. The standard InChI is InChI=1S/C15H13N3O3/c1-9-5-11(21-2)3-4-12(9)13-6-14-16-7-10(15(19)20)8-18(14)17-13/h3-8H,1-2H3,(H,19,20). The van der Waals surface area contributed by atoms with Crippen LogP contribution in [0.5, 0.6) is 5.75 Å². The van der Waals surface area contributed by atoms with Gasteiger partial charge in [-0.05, 0) is 30.7 Å². The summed E-state index contributed by atoms with van der Waals surface area (Å²) in [4.78, 5) is 15.1. The first-order valence-electron chi connectivity index (χ1n) is 6.32. The summed E-state index contributed by atoms with van der Waals surface area (Å²) in [6.07, 6.45) is 2.77. The number of hydrogen-bond donors (Lipinski definition) is 1. The minimum absolute atomic E-state index is 0.101. The second kappa shape index (κ2) is 4.90. The van der Waals surface area contributed by atoms with E-state index >= 15 is 0 Å². The number of rotatable bonds is 3. The summed E-state index contributed by atoms with van der Waals surface area (Å²) in [6, 6.07) is 7.53. The highest BCUT2D eigenvalue weighted by Gasteiger charge is 2.11. The van der Waals surface area contributed by atoms with E-state index in [-0.39, 0.29) is 5.56 Å². The van der Waals surface area contributed by atoms with E-state index < -0.39 is 5.97 Å². The molecule has 2 heterocycles. The zero-order chi connectivity index (χ0) is 15.0.